The van der Waals surface area contributed by atoms with Crippen LogP contribution in [0.4, 0.5) is 11.6 Å². The molecule has 94 valence electrons. The maximum atomic E-state index is 11.0. The van der Waals surface area contributed by atoms with Gasteiger partial charge in [0.15, 0.2) is 5.03 Å². The van der Waals surface area contributed by atoms with E-state index in [1.807, 2.05) is 0 Å². The minimum absolute atomic E-state index is 0.0446. The van der Waals surface area contributed by atoms with E-state index in [0.717, 1.165) is 11.8 Å². The van der Waals surface area contributed by atoms with Crippen molar-refractivity contribution in [2.75, 3.05) is 5.73 Å². The first kappa shape index (κ1) is 12.2. The van der Waals surface area contributed by atoms with Gasteiger partial charge in [-0.2, -0.15) is 4.98 Å². The molecule has 2 aromatic rings. The predicted molar refractivity (Wildman–Crippen MR) is 61.0 cm³/mol. The molecule has 0 fully saturated rings. The van der Waals surface area contributed by atoms with Crippen LogP contribution in [0, 0.1) is 24.0 Å². The van der Waals surface area contributed by atoms with Gasteiger partial charge in [0.2, 0.25) is 11.8 Å². The number of aromatic nitrogens is 4. The van der Waals surface area contributed by atoms with Gasteiger partial charge in [0.25, 0.3) is 5.22 Å². The summed E-state index contributed by atoms with van der Waals surface area (Å²) >= 11 is 0.879. The van der Waals surface area contributed by atoms with E-state index in [1.165, 1.54) is 6.92 Å². The van der Waals surface area contributed by atoms with Gasteiger partial charge in [-0.05, 0) is 18.7 Å². The molecule has 0 aliphatic heterocycles. The summed E-state index contributed by atoms with van der Waals surface area (Å²) in [6, 6.07) is 0. The van der Waals surface area contributed by atoms with E-state index >= 15 is 0 Å². The smallest absolute Gasteiger partial charge is 0.323 e. The number of anilines is 1. The molecular weight excluding hydrogens is 260 g/mol. The van der Waals surface area contributed by atoms with Crippen molar-refractivity contribution in [3.8, 4) is 0 Å². The number of rotatable bonds is 3. The van der Waals surface area contributed by atoms with E-state index in [1.54, 1.807) is 6.92 Å². The monoisotopic (exact) mass is 268 g/mol. The van der Waals surface area contributed by atoms with Gasteiger partial charge < -0.3 is 10.2 Å². The first-order valence-corrected chi connectivity index (χ1v) is 5.55. The minimum Gasteiger partial charge on any atom is -0.416 e. The Morgan fingerprint density at radius 2 is 2.06 bits per heavy atom. The predicted octanol–water partition coefficient (Wildman–Crippen LogP) is 1.12. The highest BCUT2D eigenvalue weighted by Gasteiger charge is 2.24. The Labute approximate surface area is 105 Å². The summed E-state index contributed by atoms with van der Waals surface area (Å²) in [6.45, 7) is 3.10. The molecule has 2 aromatic heterocycles. The largest absolute Gasteiger partial charge is 0.416 e. The summed E-state index contributed by atoms with van der Waals surface area (Å²) in [6.07, 6.45) is 0. The van der Waals surface area contributed by atoms with E-state index in [-0.39, 0.29) is 27.6 Å². The number of nitro groups is 1. The average molecular weight is 268 g/mol. The van der Waals surface area contributed by atoms with Gasteiger partial charge in [0.05, 0.1) is 4.92 Å². The summed E-state index contributed by atoms with van der Waals surface area (Å²) < 4.78 is 5.12. The van der Waals surface area contributed by atoms with E-state index in [0.29, 0.717) is 5.89 Å². The second-order valence-electron chi connectivity index (χ2n) is 3.27. The molecule has 0 bridgehead atoms. The fourth-order valence-corrected chi connectivity index (χ4v) is 2.11. The van der Waals surface area contributed by atoms with Crippen LogP contribution >= 0.6 is 11.8 Å². The van der Waals surface area contributed by atoms with E-state index in [2.05, 4.69) is 20.2 Å². The maximum absolute atomic E-state index is 11.0. The summed E-state index contributed by atoms with van der Waals surface area (Å²) in [5.74, 6) is 0.316. The zero-order valence-electron chi connectivity index (χ0n) is 9.45. The Morgan fingerprint density at radius 3 is 2.61 bits per heavy atom. The lowest BCUT2D eigenvalue weighted by atomic mass is 10.4. The van der Waals surface area contributed by atoms with Crippen LogP contribution in [-0.4, -0.2) is 25.1 Å². The number of hydrogen-bond donors (Lipinski definition) is 1. The molecular formula is C8H8N6O3S. The van der Waals surface area contributed by atoms with Crippen molar-refractivity contribution in [1.29, 1.82) is 0 Å². The molecule has 0 saturated carbocycles. The standard InChI is InChI=1S/C8H8N6O3S/c1-3-5(14(15)16)6(11-7(9)10-3)18-8-13-12-4(2)17-8/h1-2H3,(H2,9,10,11). The number of nitrogens with two attached hydrogens (primary N) is 1. The van der Waals surface area contributed by atoms with Crippen LogP contribution in [0.3, 0.4) is 0 Å². The van der Waals surface area contributed by atoms with Crippen LogP contribution in [0.15, 0.2) is 14.7 Å². The zero-order valence-corrected chi connectivity index (χ0v) is 10.3. The summed E-state index contributed by atoms with van der Waals surface area (Å²) in [4.78, 5) is 18.0. The number of hydrogen-bond acceptors (Lipinski definition) is 9. The average Bonchev–Trinajstić information content (AvgIpc) is 2.62. The molecule has 2 N–H and O–H groups in total. The van der Waals surface area contributed by atoms with E-state index < -0.39 is 4.92 Å². The molecule has 0 unspecified atom stereocenters. The Bertz CT molecular complexity index is 613. The molecule has 18 heavy (non-hydrogen) atoms. The fraction of sp³-hybridized carbons (Fsp3) is 0.250. The summed E-state index contributed by atoms with van der Waals surface area (Å²) in [5.41, 5.74) is 5.43. The number of aryl methyl sites for hydroxylation is 2. The second kappa shape index (κ2) is 4.56. The van der Waals surface area contributed by atoms with Gasteiger partial charge in [-0.15, -0.1) is 10.2 Å². The van der Waals surface area contributed by atoms with Gasteiger partial charge >= 0.3 is 5.69 Å². The lowest BCUT2D eigenvalue weighted by Crippen LogP contribution is -2.04. The van der Waals surface area contributed by atoms with Crippen LogP contribution in [0.25, 0.3) is 0 Å². The SMILES string of the molecule is Cc1nnc(Sc2nc(N)nc(C)c2[N+](=O)[O-])o1. The van der Waals surface area contributed by atoms with Crippen molar-refractivity contribution >= 4 is 23.4 Å². The van der Waals surface area contributed by atoms with Crippen molar-refractivity contribution < 1.29 is 9.34 Å². The molecule has 0 aliphatic carbocycles. The van der Waals surface area contributed by atoms with Crippen LogP contribution in [-0.2, 0) is 0 Å². The van der Waals surface area contributed by atoms with Crippen molar-refractivity contribution in [3.05, 3.63) is 21.7 Å². The van der Waals surface area contributed by atoms with Crippen molar-refractivity contribution in [2.24, 2.45) is 0 Å². The zero-order chi connectivity index (χ0) is 13.3. The molecule has 10 heteroatoms. The van der Waals surface area contributed by atoms with Crippen molar-refractivity contribution in [2.45, 2.75) is 24.1 Å². The second-order valence-corrected chi connectivity index (χ2v) is 4.21. The molecule has 0 amide bonds. The highest BCUT2D eigenvalue weighted by molar-refractivity contribution is 7.99. The topological polar surface area (TPSA) is 134 Å². The molecule has 0 aromatic carbocycles. The van der Waals surface area contributed by atoms with Gasteiger partial charge in [0.1, 0.15) is 5.69 Å². The van der Waals surface area contributed by atoms with E-state index in [9.17, 15) is 10.1 Å². The molecule has 0 saturated heterocycles. The van der Waals surface area contributed by atoms with Crippen LogP contribution < -0.4 is 5.73 Å². The van der Waals surface area contributed by atoms with Gasteiger partial charge in [-0.1, -0.05) is 0 Å². The molecule has 2 heterocycles. The molecule has 0 spiro atoms. The molecule has 9 nitrogen and oxygen atoms in total. The van der Waals surface area contributed by atoms with Gasteiger partial charge in [-0.3, -0.25) is 10.1 Å². The molecule has 0 atom stereocenters. The Hall–Kier alpha value is -2.23. The van der Waals surface area contributed by atoms with Crippen LogP contribution in [0.5, 0.6) is 0 Å². The van der Waals surface area contributed by atoms with Crippen molar-refractivity contribution in [3.63, 3.8) is 0 Å². The highest BCUT2D eigenvalue weighted by Crippen LogP contribution is 2.34. The molecule has 2 rings (SSSR count). The normalized spacial score (nSPS) is 10.6. The lowest BCUT2D eigenvalue weighted by Gasteiger charge is -2.02. The van der Waals surface area contributed by atoms with E-state index in [4.69, 9.17) is 10.2 Å². The third kappa shape index (κ3) is 2.37. The Morgan fingerprint density at radius 1 is 1.33 bits per heavy atom. The first-order chi connectivity index (χ1) is 8.47. The highest BCUT2D eigenvalue weighted by atomic mass is 32.2. The van der Waals surface area contributed by atoms with Gasteiger partial charge in [-0.25, -0.2) is 4.98 Å². The summed E-state index contributed by atoms with van der Waals surface area (Å²) in [5, 5.41) is 18.5. The third-order valence-corrected chi connectivity index (χ3v) is 2.74. The maximum Gasteiger partial charge on any atom is 0.323 e. The Kier molecular flexibility index (Phi) is 3.10. The number of nitrogens with zero attached hydrogens (tertiary/aromatic N) is 5. The lowest BCUT2D eigenvalue weighted by molar-refractivity contribution is -0.389. The minimum atomic E-state index is -0.569. The molecule has 0 aliphatic rings. The van der Waals surface area contributed by atoms with Crippen molar-refractivity contribution in [1.82, 2.24) is 20.2 Å². The first-order valence-electron chi connectivity index (χ1n) is 4.74. The number of nitrogen functional groups attached to an aromatic ring is 1. The Balaban J connectivity index is 2.45. The van der Waals surface area contributed by atoms with Crippen LogP contribution in [0.1, 0.15) is 11.6 Å². The third-order valence-electron chi connectivity index (χ3n) is 1.92. The summed E-state index contributed by atoms with van der Waals surface area (Å²) in [7, 11) is 0. The molecule has 0 radical (unpaired) electrons. The quantitative estimate of drug-likeness (QED) is 0.493. The van der Waals surface area contributed by atoms with Gasteiger partial charge in [0, 0.05) is 6.92 Å². The van der Waals surface area contributed by atoms with Crippen LogP contribution in [0.2, 0.25) is 0 Å². The fourth-order valence-electron chi connectivity index (χ4n) is 1.25.